The molecule has 0 atom stereocenters. The van der Waals surface area contributed by atoms with Crippen LogP contribution in [0.4, 0.5) is 0 Å². The predicted molar refractivity (Wildman–Crippen MR) is 54.5 cm³/mol. The van der Waals surface area contributed by atoms with E-state index in [4.69, 9.17) is 16.0 Å². The lowest BCUT2D eigenvalue weighted by atomic mass is 10.3. The molecule has 5 heteroatoms. The highest BCUT2D eigenvalue weighted by molar-refractivity contribution is 6.27. The first-order valence-corrected chi connectivity index (χ1v) is 5.26. The van der Waals surface area contributed by atoms with Gasteiger partial charge in [-0.15, -0.1) is 0 Å². The zero-order chi connectivity index (χ0) is 9.80. The first-order chi connectivity index (χ1) is 6.84. The largest absolute Gasteiger partial charge is 0.433 e. The summed E-state index contributed by atoms with van der Waals surface area (Å²) in [6.45, 7) is 5.41. The molecular formula is C9H14ClN3O. The fourth-order valence-corrected chi connectivity index (χ4v) is 1.75. The summed E-state index contributed by atoms with van der Waals surface area (Å²) in [6.07, 6.45) is 2.59. The number of halogens is 1. The van der Waals surface area contributed by atoms with Crippen molar-refractivity contribution in [3.05, 3.63) is 17.3 Å². The molecule has 1 aromatic heterocycles. The molecule has 0 amide bonds. The maximum absolute atomic E-state index is 5.58. The first kappa shape index (κ1) is 9.96. The minimum atomic E-state index is 0.236. The van der Waals surface area contributed by atoms with E-state index >= 15 is 0 Å². The average molecular weight is 216 g/mol. The maximum atomic E-state index is 5.58. The Balaban J connectivity index is 1.76. The fourth-order valence-electron chi connectivity index (χ4n) is 1.60. The third-order valence-electron chi connectivity index (χ3n) is 2.41. The number of nitrogens with zero attached hydrogens (tertiary/aromatic N) is 2. The Kier molecular flexibility index (Phi) is 3.39. The van der Waals surface area contributed by atoms with Crippen LogP contribution in [0.2, 0.25) is 5.35 Å². The van der Waals surface area contributed by atoms with Crippen LogP contribution in [0.1, 0.15) is 5.76 Å². The number of rotatable bonds is 3. The molecule has 78 valence electrons. The first-order valence-electron chi connectivity index (χ1n) is 4.88. The molecule has 4 nitrogen and oxygen atoms in total. The minimum absolute atomic E-state index is 0.236. The quantitative estimate of drug-likeness (QED) is 0.809. The SMILES string of the molecule is Clc1ncc(CCN2CCNCC2)o1. The van der Waals surface area contributed by atoms with Gasteiger partial charge in [0.1, 0.15) is 5.76 Å². The summed E-state index contributed by atoms with van der Waals surface area (Å²) in [4.78, 5) is 6.26. The van der Waals surface area contributed by atoms with E-state index in [1.807, 2.05) is 0 Å². The van der Waals surface area contributed by atoms with Crippen LogP contribution in [0, 0.1) is 0 Å². The van der Waals surface area contributed by atoms with Gasteiger partial charge in [0.05, 0.1) is 6.20 Å². The van der Waals surface area contributed by atoms with E-state index in [0.29, 0.717) is 0 Å². The molecule has 2 rings (SSSR count). The molecule has 1 aliphatic heterocycles. The van der Waals surface area contributed by atoms with E-state index in [9.17, 15) is 0 Å². The smallest absolute Gasteiger partial charge is 0.292 e. The van der Waals surface area contributed by atoms with Gasteiger partial charge < -0.3 is 14.6 Å². The molecule has 0 aromatic carbocycles. The predicted octanol–water partition coefficient (Wildman–Crippen LogP) is 0.776. The van der Waals surface area contributed by atoms with Crippen LogP contribution in [-0.2, 0) is 6.42 Å². The zero-order valence-electron chi connectivity index (χ0n) is 8.00. The lowest BCUT2D eigenvalue weighted by molar-refractivity contribution is 0.239. The van der Waals surface area contributed by atoms with E-state index in [1.54, 1.807) is 6.20 Å². The summed E-state index contributed by atoms with van der Waals surface area (Å²) in [5, 5.41) is 3.55. The van der Waals surface area contributed by atoms with Gasteiger partial charge in [-0.1, -0.05) is 0 Å². The summed E-state index contributed by atoms with van der Waals surface area (Å²) in [6, 6.07) is 0. The molecule has 1 N–H and O–H groups in total. The van der Waals surface area contributed by atoms with E-state index in [1.165, 1.54) is 0 Å². The highest BCUT2D eigenvalue weighted by Gasteiger charge is 2.10. The van der Waals surface area contributed by atoms with Crippen molar-refractivity contribution in [1.29, 1.82) is 0 Å². The van der Waals surface area contributed by atoms with Crippen LogP contribution < -0.4 is 5.32 Å². The van der Waals surface area contributed by atoms with Crippen molar-refractivity contribution in [3.63, 3.8) is 0 Å². The highest BCUT2D eigenvalue weighted by Crippen LogP contribution is 2.09. The molecule has 0 spiro atoms. The van der Waals surface area contributed by atoms with Crippen molar-refractivity contribution in [3.8, 4) is 0 Å². The van der Waals surface area contributed by atoms with Crippen molar-refractivity contribution in [1.82, 2.24) is 15.2 Å². The highest BCUT2D eigenvalue weighted by atomic mass is 35.5. The summed E-state index contributed by atoms with van der Waals surface area (Å²) >= 11 is 5.58. The van der Waals surface area contributed by atoms with Crippen LogP contribution in [-0.4, -0.2) is 42.6 Å². The fraction of sp³-hybridized carbons (Fsp3) is 0.667. The lowest BCUT2D eigenvalue weighted by Gasteiger charge is -2.26. The molecule has 0 aliphatic carbocycles. The Morgan fingerprint density at radius 1 is 1.50 bits per heavy atom. The lowest BCUT2D eigenvalue weighted by Crippen LogP contribution is -2.44. The van der Waals surface area contributed by atoms with Crippen molar-refractivity contribution in [2.45, 2.75) is 6.42 Å². The molecule has 0 saturated carbocycles. The number of nitrogens with one attached hydrogen (secondary N) is 1. The Morgan fingerprint density at radius 3 is 2.93 bits per heavy atom. The Morgan fingerprint density at radius 2 is 2.29 bits per heavy atom. The molecule has 2 heterocycles. The molecule has 1 aromatic rings. The van der Waals surface area contributed by atoms with Crippen molar-refractivity contribution in [2.24, 2.45) is 0 Å². The van der Waals surface area contributed by atoms with Crippen molar-refractivity contribution < 1.29 is 4.42 Å². The molecule has 1 saturated heterocycles. The van der Waals surface area contributed by atoms with Gasteiger partial charge in [0, 0.05) is 39.1 Å². The molecule has 0 radical (unpaired) electrons. The van der Waals surface area contributed by atoms with Crippen molar-refractivity contribution in [2.75, 3.05) is 32.7 Å². The van der Waals surface area contributed by atoms with Gasteiger partial charge in [-0.25, -0.2) is 4.98 Å². The molecule has 0 unspecified atom stereocenters. The monoisotopic (exact) mass is 215 g/mol. The second-order valence-electron chi connectivity index (χ2n) is 3.42. The second-order valence-corrected chi connectivity index (χ2v) is 3.74. The third-order valence-corrected chi connectivity index (χ3v) is 2.58. The summed E-state index contributed by atoms with van der Waals surface area (Å²) in [5.41, 5.74) is 0. The molecular weight excluding hydrogens is 202 g/mol. The maximum Gasteiger partial charge on any atom is 0.292 e. The number of hydrogen-bond donors (Lipinski definition) is 1. The normalized spacial score (nSPS) is 18.6. The van der Waals surface area contributed by atoms with E-state index in [-0.39, 0.29) is 5.35 Å². The summed E-state index contributed by atoms with van der Waals surface area (Å²) in [5.74, 6) is 0.869. The molecule has 0 bridgehead atoms. The van der Waals surface area contributed by atoms with Gasteiger partial charge in [-0.3, -0.25) is 0 Å². The minimum Gasteiger partial charge on any atom is -0.433 e. The van der Waals surface area contributed by atoms with E-state index in [0.717, 1.165) is 44.9 Å². The summed E-state index contributed by atoms with van der Waals surface area (Å²) in [7, 11) is 0. The van der Waals surface area contributed by atoms with E-state index in [2.05, 4.69) is 15.2 Å². The third kappa shape index (κ3) is 2.70. The van der Waals surface area contributed by atoms with Gasteiger partial charge >= 0.3 is 0 Å². The Labute approximate surface area is 88.2 Å². The zero-order valence-corrected chi connectivity index (χ0v) is 8.76. The van der Waals surface area contributed by atoms with Gasteiger partial charge in [0.2, 0.25) is 0 Å². The van der Waals surface area contributed by atoms with Gasteiger partial charge in [-0.05, 0) is 11.6 Å². The summed E-state index contributed by atoms with van der Waals surface area (Å²) < 4.78 is 5.19. The van der Waals surface area contributed by atoms with Gasteiger partial charge in [0.25, 0.3) is 5.35 Å². The van der Waals surface area contributed by atoms with Crippen LogP contribution >= 0.6 is 11.6 Å². The topological polar surface area (TPSA) is 41.3 Å². The van der Waals surface area contributed by atoms with Crippen LogP contribution in [0.25, 0.3) is 0 Å². The van der Waals surface area contributed by atoms with Crippen LogP contribution in [0.5, 0.6) is 0 Å². The van der Waals surface area contributed by atoms with Gasteiger partial charge in [0.15, 0.2) is 0 Å². The molecule has 1 aliphatic rings. The number of piperazine rings is 1. The van der Waals surface area contributed by atoms with Crippen LogP contribution in [0.15, 0.2) is 10.6 Å². The Bertz CT molecular complexity index is 283. The second kappa shape index (κ2) is 4.77. The van der Waals surface area contributed by atoms with Crippen molar-refractivity contribution >= 4 is 11.6 Å². The molecule has 1 fully saturated rings. The van der Waals surface area contributed by atoms with Gasteiger partial charge in [-0.2, -0.15) is 0 Å². The standard InChI is InChI=1S/C9H14ClN3O/c10-9-12-7-8(14-9)1-4-13-5-2-11-3-6-13/h7,11H,1-6H2. The Hall–Kier alpha value is -0.580. The number of oxazole rings is 1. The van der Waals surface area contributed by atoms with Crippen LogP contribution in [0.3, 0.4) is 0 Å². The average Bonchev–Trinajstić information content (AvgIpc) is 2.63. The number of hydrogen-bond acceptors (Lipinski definition) is 4. The van der Waals surface area contributed by atoms with E-state index < -0.39 is 0 Å². The number of aromatic nitrogens is 1. The molecule has 14 heavy (non-hydrogen) atoms.